The first kappa shape index (κ1) is 26.4. The highest BCUT2D eigenvalue weighted by atomic mass is 15.0. The molecule has 2 aromatic heterocycles. The van der Waals surface area contributed by atoms with Crippen LogP contribution in [0, 0.1) is 0 Å². The molecule has 2 heteroatoms. The molecule has 0 unspecified atom stereocenters. The molecule has 9 aromatic rings. The first-order valence-corrected chi connectivity index (χ1v) is 16.5. The predicted octanol–water partition coefficient (Wildman–Crippen LogP) is 11.9. The average molecular weight is 601 g/mol. The fraction of sp³-hybridized carbons (Fsp3) is 0.0667. The van der Waals surface area contributed by atoms with E-state index < -0.39 is 0 Å². The topological polar surface area (TPSA) is 9.86 Å². The third-order valence-corrected chi connectivity index (χ3v) is 10.5. The average Bonchev–Trinajstić information content (AvgIpc) is 3.72. The minimum absolute atomic E-state index is 0.0688. The molecule has 2 nitrogen and oxygen atoms in total. The summed E-state index contributed by atoms with van der Waals surface area (Å²) in [6, 6.07) is 58.1. The van der Waals surface area contributed by atoms with Crippen molar-refractivity contribution in [1.82, 2.24) is 9.13 Å². The second-order valence-electron chi connectivity index (χ2n) is 13.3. The molecule has 10 rings (SSSR count). The highest BCUT2D eigenvalue weighted by Gasteiger charge is 2.36. The molecule has 0 fully saturated rings. The van der Waals surface area contributed by atoms with Crippen molar-refractivity contribution in [2.45, 2.75) is 19.3 Å². The largest absolute Gasteiger partial charge is 0.309 e. The van der Waals surface area contributed by atoms with Gasteiger partial charge in [0.05, 0.1) is 27.8 Å². The van der Waals surface area contributed by atoms with Gasteiger partial charge in [-0.1, -0.05) is 129 Å². The molecule has 0 aliphatic heterocycles. The summed E-state index contributed by atoms with van der Waals surface area (Å²) < 4.78 is 4.95. The maximum absolute atomic E-state index is 2.50. The number of para-hydroxylation sites is 4. The van der Waals surface area contributed by atoms with Crippen LogP contribution in [0.1, 0.15) is 25.0 Å². The Labute approximate surface area is 273 Å². The number of fused-ring (bicyclic) bond motifs is 9. The van der Waals surface area contributed by atoms with E-state index in [1.807, 2.05) is 0 Å². The number of benzene rings is 7. The van der Waals surface area contributed by atoms with Gasteiger partial charge in [-0.05, 0) is 75.8 Å². The summed E-state index contributed by atoms with van der Waals surface area (Å²) >= 11 is 0. The van der Waals surface area contributed by atoms with Crippen LogP contribution in [0.2, 0.25) is 0 Å². The Morgan fingerprint density at radius 3 is 1.70 bits per heavy atom. The van der Waals surface area contributed by atoms with Crippen LogP contribution in [0.5, 0.6) is 0 Å². The first-order valence-electron chi connectivity index (χ1n) is 16.5. The van der Waals surface area contributed by atoms with Crippen LogP contribution in [-0.4, -0.2) is 9.13 Å². The molecule has 7 aromatic carbocycles. The van der Waals surface area contributed by atoms with E-state index in [-0.39, 0.29) is 5.41 Å². The molecule has 0 saturated heterocycles. The van der Waals surface area contributed by atoms with Gasteiger partial charge >= 0.3 is 0 Å². The zero-order valence-corrected chi connectivity index (χ0v) is 26.4. The minimum atomic E-state index is -0.0688. The van der Waals surface area contributed by atoms with Gasteiger partial charge in [0.25, 0.3) is 0 Å². The molecule has 0 bridgehead atoms. The fourth-order valence-corrected chi connectivity index (χ4v) is 8.44. The van der Waals surface area contributed by atoms with Crippen molar-refractivity contribution < 1.29 is 0 Å². The molecule has 0 atom stereocenters. The Balaban J connectivity index is 1.41. The Hall–Kier alpha value is -5.86. The van der Waals surface area contributed by atoms with Crippen LogP contribution < -0.4 is 0 Å². The van der Waals surface area contributed by atoms with Gasteiger partial charge in [0, 0.05) is 32.6 Å². The molecule has 0 N–H and O–H groups in total. The van der Waals surface area contributed by atoms with Gasteiger partial charge in [-0.3, -0.25) is 0 Å². The van der Waals surface area contributed by atoms with E-state index in [0.29, 0.717) is 0 Å². The third kappa shape index (κ3) is 3.56. The fourth-order valence-electron chi connectivity index (χ4n) is 8.44. The monoisotopic (exact) mass is 600 g/mol. The predicted molar refractivity (Wildman–Crippen MR) is 198 cm³/mol. The van der Waals surface area contributed by atoms with Crippen molar-refractivity contribution in [3.05, 3.63) is 169 Å². The van der Waals surface area contributed by atoms with Gasteiger partial charge in [0.15, 0.2) is 0 Å². The lowest BCUT2D eigenvalue weighted by Crippen LogP contribution is -2.14. The van der Waals surface area contributed by atoms with Crippen LogP contribution in [0.25, 0.3) is 77.2 Å². The van der Waals surface area contributed by atoms with Crippen molar-refractivity contribution in [1.29, 1.82) is 0 Å². The third-order valence-electron chi connectivity index (χ3n) is 10.5. The zero-order chi connectivity index (χ0) is 31.3. The lowest BCUT2D eigenvalue weighted by molar-refractivity contribution is 0.660. The van der Waals surface area contributed by atoms with Crippen LogP contribution in [0.4, 0.5) is 0 Å². The second-order valence-corrected chi connectivity index (χ2v) is 13.3. The number of hydrogen-bond donors (Lipinski definition) is 0. The Morgan fingerprint density at radius 1 is 0.426 bits per heavy atom. The van der Waals surface area contributed by atoms with E-state index in [1.54, 1.807) is 0 Å². The molecule has 47 heavy (non-hydrogen) atoms. The molecule has 2 heterocycles. The van der Waals surface area contributed by atoms with Gasteiger partial charge in [-0.2, -0.15) is 0 Å². The van der Waals surface area contributed by atoms with Gasteiger partial charge in [-0.25, -0.2) is 0 Å². The van der Waals surface area contributed by atoms with E-state index in [0.717, 1.165) is 5.69 Å². The van der Waals surface area contributed by atoms with Crippen LogP contribution in [0.3, 0.4) is 0 Å². The molecule has 1 aliphatic carbocycles. The number of hydrogen-bond acceptors (Lipinski definition) is 0. The Kier molecular flexibility index (Phi) is 5.37. The van der Waals surface area contributed by atoms with Crippen LogP contribution in [-0.2, 0) is 5.41 Å². The van der Waals surface area contributed by atoms with Crippen molar-refractivity contribution in [2.24, 2.45) is 0 Å². The molecular weight excluding hydrogens is 569 g/mol. The number of rotatable bonds is 3. The van der Waals surface area contributed by atoms with E-state index >= 15 is 0 Å². The van der Waals surface area contributed by atoms with E-state index in [1.165, 1.54) is 82.7 Å². The molecule has 0 amide bonds. The lowest BCUT2D eigenvalue weighted by Gasteiger charge is -2.21. The summed E-state index contributed by atoms with van der Waals surface area (Å²) in [6.45, 7) is 4.73. The summed E-state index contributed by atoms with van der Waals surface area (Å²) in [7, 11) is 0. The van der Waals surface area contributed by atoms with Crippen molar-refractivity contribution in [2.75, 3.05) is 0 Å². The SMILES string of the molecule is CC1(C)c2ccccc2-c2c(-c3cc(-n4c5ccccc5c5ccccc54)c4c5ccccc5n(-c5ccccc5)c4c3)cccc21. The van der Waals surface area contributed by atoms with Crippen LogP contribution in [0.15, 0.2) is 158 Å². The van der Waals surface area contributed by atoms with Crippen molar-refractivity contribution >= 4 is 43.6 Å². The quantitative estimate of drug-likeness (QED) is 0.191. The van der Waals surface area contributed by atoms with Crippen molar-refractivity contribution in [3.8, 4) is 33.6 Å². The zero-order valence-electron chi connectivity index (χ0n) is 26.4. The van der Waals surface area contributed by atoms with E-state index in [4.69, 9.17) is 0 Å². The van der Waals surface area contributed by atoms with E-state index in [9.17, 15) is 0 Å². The molecule has 0 saturated carbocycles. The summed E-state index contributed by atoms with van der Waals surface area (Å²) in [5.74, 6) is 0. The molecular formula is C45H32N2. The maximum Gasteiger partial charge on any atom is 0.0568 e. The molecule has 1 aliphatic rings. The molecule has 222 valence electrons. The standard InChI is InChI=1S/C45H32N2/c1-45(2)36-22-10-6-19-34(36)43-31(21-14-23-37(43)45)29-27-41-44(35-20-9-13-26-40(35)46(41)30-15-4-3-5-16-30)42(28-29)47-38-24-11-7-17-32(38)33-18-8-12-25-39(33)47/h3-28H,1-2H3. The maximum atomic E-state index is 2.50. The second kappa shape index (κ2) is 9.57. The summed E-state index contributed by atoms with van der Waals surface area (Å²) in [5, 5.41) is 5.04. The normalized spacial score (nSPS) is 13.5. The van der Waals surface area contributed by atoms with Gasteiger partial charge in [-0.15, -0.1) is 0 Å². The Morgan fingerprint density at radius 2 is 0.979 bits per heavy atom. The van der Waals surface area contributed by atoms with Gasteiger partial charge in [0.1, 0.15) is 0 Å². The molecule has 0 spiro atoms. The van der Waals surface area contributed by atoms with E-state index in [2.05, 4.69) is 181 Å². The lowest BCUT2D eigenvalue weighted by atomic mass is 9.82. The summed E-state index contributed by atoms with van der Waals surface area (Å²) in [6.07, 6.45) is 0. The highest BCUT2D eigenvalue weighted by Crippen LogP contribution is 2.53. The van der Waals surface area contributed by atoms with Crippen molar-refractivity contribution in [3.63, 3.8) is 0 Å². The first-order chi connectivity index (χ1) is 23.1. The van der Waals surface area contributed by atoms with Gasteiger partial charge < -0.3 is 9.13 Å². The highest BCUT2D eigenvalue weighted by molar-refractivity contribution is 6.17. The summed E-state index contributed by atoms with van der Waals surface area (Å²) in [4.78, 5) is 0. The number of aromatic nitrogens is 2. The molecule has 0 radical (unpaired) electrons. The Bertz CT molecular complexity index is 2650. The van der Waals surface area contributed by atoms with Crippen LogP contribution >= 0.6 is 0 Å². The summed E-state index contributed by atoms with van der Waals surface area (Å²) in [5.41, 5.74) is 15.1. The number of nitrogens with zero attached hydrogens (tertiary/aromatic N) is 2. The smallest absolute Gasteiger partial charge is 0.0568 e. The van der Waals surface area contributed by atoms with Gasteiger partial charge in [0.2, 0.25) is 0 Å². The minimum Gasteiger partial charge on any atom is -0.309 e.